The van der Waals surface area contributed by atoms with Gasteiger partial charge in [0.25, 0.3) is 0 Å². The van der Waals surface area contributed by atoms with Crippen LogP contribution in [0.25, 0.3) is 0 Å². The number of β-amino-alcohol motifs (C(OH)–C–C–N with tert-alkyl or cyclic N) is 1. The number of rotatable bonds is 5. The van der Waals surface area contributed by atoms with Gasteiger partial charge >= 0.3 is 0 Å². The van der Waals surface area contributed by atoms with E-state index >= 15 is 0 Å². The van der Waals surface area contributed by atoms with Crippen LogP contribution in [0.15, 0.2) is 30.3 Å². The van der Waals surface area contributed by atoms with Gasteiger partial charge < -0.3 is 10.4 Å². The van der Waals surface area contributed by atoms with Gasteiger partial charge in [0.1, 0.15) is 0 Å². The molecule has 0 radical (unpaired) electrons. The maximum absolute atomic E-state index is 10.2. The minimum absolute atomic E-state index is 0.367. The van der Waals surface area contributed by atoms with Crippen LogP contribution in [-0.2, 0) is 0 Å². The van der Waals surface area contributed by atoms with Crippen LogP contribution < -0.4 is 5.32 Å². The van der Waals surface area contributed by atoms with Crippen molar-refractivity contribution < 1.29 is 5.11 Å². The number of aliphatic hydroxyl groups is 1. The molecule has 1 aliphatic rings. The summed E-state index contributed by atoms with van der Waals surface area (Å²) in [6, 6.07) is 10.5. The molecule has 3 heteroatoms. The van der Waals surface area contributed by atoms with E-state index in [1.807, 2.05) is 37.4 Å². The van der Waals surface area contributed by atoms with Gasteiger partial charge in [-0.15, -0.1) is 0 Å². The standard InChI is InChI=1S/C14H22N2O/c1-15-10-13-8-5-9-16(13)11-14(17)12-6-3-2-4-7-12/h2-4,6-7,13-15,17H,5,8-11H2,1H3. The molecule has 17 heavy (non-hydrogen) atoms. The summed E-state index contributed by atoms with van der Waals surface area (Å²) in [5, 5.41) is 13.4. The lowest BCUT2D eigenvalue weighted by Crippen LogP contribution is -2.39. The number of nitrogens with zero attached hydrogens (tertiary/aromatic N) is 1. The summed E-state index contributed by atoms with van der Waals surface area (Å²) in [4.78, 5) is 2.40. The Hall–Kier alpha value is -0.900. The zero-order chi connectivity index (χ0) is 12.1. The van der Waals surface area contributed by atoms with Crippen LogP contribution in [0.5, 0.6) is 0 Å². The van der Waals surface area contributed by atoms with E-state index in [0.717, 1.165) is 25.2 Å². The fourth-order valence-corrected chi connectivity index (χ4v) is 2.61. The molecule has 1 aromatic rings. The second-order valence-electron chi connectivity index (χ2n) is 4.78. The van der Waals surface area contributed by atoms with Crippen LogP contribution in [-0.4, -0.2) is 42.7 Å². The molecule has 0 bridgehead atoms. The number of hydrogen-bond donors (Lipinski definition) is 2. The average Bonchev–Trinajstić information content (AvgIpc) is 2.78. The van der Waals surface area contributed by atoms with E-state index in [2.05, 4.69) is 10.2 Å². The fourth-order valence-electron chi connectivity index (χ4n) is 2.61. The summed E-state index contributed by atoms with van der Waals surface area (Å²) in [6.07, 6.45) is 2.12. The maximum Gasteiger partial charge on any atom is 0.0917 e. The summed E-state index contributed by atoms with van der Waals surface area (Å²) >= 11 is 0. The highest BCUT2D eigenvalue weighted by Gasteiger charge is 2.25. The van der Waals surface area contributed by atoms with Gasteiger partial charge in [-0.05, 0) is 32.0 Å². The van der Waals surface area contributed by atoms with E-state index < -0.39 is 0 Å². The number of hydrogen-bond acceptors (Lipinski definition) is 3. The molecule has 2 unspecified atom stereocenters. The molecule has 0 aliphatic carbocycles. The molecule has 0 saturated carbocycles. The van der Waals surface area contributed by atoms with Crippen molar-refractivity contribution in [1.82, 2.24) is 10.2 Å². The van der Waals surface area contributed by atoms with Gasteiger partial charge in [-0.25, -0.2) is 0 Å². The third kappa shape index (κ3) is 3.28. The Bertz CT molecular complexity index is 328. The van der Waals surface area contributed by atoms with E-state index in [1.54, 1.807) is 0 Å². The fraction of sp³-hybridized carbons (Fsp3) is 0.571. The molecule has 1 aromatic carbocycles. The topological polar surface area (TPSA) is 35.5 Å². The number of aliphatic hydroxyl groups excluding tert-OH is 1. The number of likely N-dealkylation sites (N-methyl/N-ethyl adjacent to an activating group) is 1. The van der Waals surface area contributed by atoms with Gasteiger partial charge in [0.15, 0.2) is 0 Å². The molecule has 1 saturated heterocycles. The van der Waals surface area contributed by atoms with Gasteiger partial charge in [0.2, 0.25) is 0 Å². The van der Waals surface area contributed by atoms with Crippen LogP contribution in [0.3, 0.4) is 0 Å². The quantitative estimate of drug-likeness (QED) is 0.808. The van der Waals surface area contributed by atoms with Crippen molar-refractivity contribution >= 4 is 0 Å². The Balaban J connectivity index is 1.92. The molecule has 2 N–H and O–H groups in total. The zero-order valence-electron chi connectivity index (χ0n) is 10.5. The molecule has 3 nitrogen and oxygen atoms in total. The lowest BCUT2D eigenvalue weighted by atomic mass is 10.1. The van der Waals surface area contributed by atoms with Crippen molar-refractivity contribution in [3.8, 4) is 0 Å². The maximum atomic E-state index is 10.2. The molecule has 0 amide bonds. The highest BCUT2D eigenvalue weighted by molar-refractivity contribution is 5.17. The average molecular weight is 234 g/mol. The Labute approximate surface area is 103 Å². The molecule has 0 spiro atoms. The molecule has 1 fully saturated rings. The molecule has 2 atom stereocenters. The lowest BCUT2D eigenvalue weighted by Gasteiger charge is -2.26. The number of likely N-dealkylation sites (tertiary alicyclic amines) is 1. The molecular formula is C14H22N2O. The lowest BCUT2D eigenvalue weighted by molar-refractivity contribution is 0.106. The summed E-state index contributed by atoms with van der Waals surface area (Å²) in [7, 11) is 1.99. The summed E-state index contributed by atoms with van der Waals surface area (Å²) in [6.45, 7) is 2.87. The van der Waals surface area contributed by atoms with Crippen LogP contribution in [0.4, 0.5) is 0 Å². The molecule has 2 rings (SSSR count). The van der Waals surface area contributed by atoms with Crippen molar-refractivity contribution in [1.29, 1.82) is 0 Å². The van der Waals surface area contributed by atoms with Crippen molar-refractivity contribution in [3.05, 3.63) is 35.9 Å². The van der Waals surface area contributed by atoms with Gasteiger partial charge in [-0.1, -0.05) is 30.3 Å². The molecule has 94 valence electrons. The van der Waals surface area contributed by atoms with Crippen LogP contribution in [0.2, 0.25) is 0 Å². The largest absolute Gasteiger partial charge is 0.387 e. The predicted octanol–water partition coefficient (Wildman–Crippen LogP) is 1.40. The third-order valence-corrected chi connectivity index (χ3v) is 3.53. The second-order valence-corrected chi connectivity index (χ2v) is 4.78. The Morgan fingerprint density at radius 1 is 1.41 bits per heavy atom. The first-order valence-electron chi connectivity index (χ1n) is 6.43. The summed E-state index contributed by atoms with van der Waals surface area (Å²) in [5.74, 6) is 0. The van der Waals surface area contributed by atoms with Crippen molar-refractivity contribution in [3.63, 3.8) is 0 Å². The van der Waals surface area contributed by atoms with Crippen molar-refractivity contribution in [2.45, 2.75) is 25.0 Å². The highest BCUT2D eigenvalue weighted by Crippen LogP contribution is 2.21. The smallest absolute Gasteiger partial charge is 0.0917 e. The summed E-state index contributed by atoms with van der Waals surface area (Å²) < 4.78 is 0. The summed E-state index contributed by atoms with van der Waals surface area (Å²) in [5.41, 5.74) is 1.02. The second kappa shape index (κ2) is 6.15. The number of benzene rings is 1. The van der Waals surface area contributed by atoms with Crippen molar-refractivity contribution in [2.24, 2.45) is 0 Å². The molecular weight excluding hydrogens is 212 g/mol. The highest BCUT2D eigenvalue weighted by atomic mass is 16.3. The van der Waals surface area contributed by atoms with Gasteiger partial charge in [-0.3, -0.25) is 4.90 Å². The van der Waals surface area contributed by atoms with Crippen LogP contribution in [0.1, 0.15) is 24.5 Å². The third-order valence-electron chi connectivity index (χ3n) is 3.53. The van der Waals surface area contributed by atoms with E-state index in [9.17, 15) is 5.11 Å². The van der Waals surface area contributed by atoms with E-state index in [4.69, 9.17) is 0 Å². The van der Waals surface area contributed by atoms with Crippen LogP contribution in [0, 0.1) is 0 Å². The Morgan fingerprint density at radius 3 is 2.88 bits per heavy atom. The predicted molar refractivity (Wildman–Crippen MR) is 69.9 cm³/mol. The van der Waals surface area contributed by atoms with Gasteiger partial charge in [0, 0.05) is 19.1 Å². The minimum atomic E-state index is -0.367. The normalized spacial score (nSPS) is 22.8. The first kappa shape index (κ1) is 12.6. The number of nitrogens with one attached hydrogen (secondary N) is 1. The molecule has 1 heterocycles. The first-order chi connectivity index (χ1) is 8.31. The Kier molecular flexibility index (Phi) is 4.54. The van der Waals surface area contributed by atoms with Gasteiger partial charge in [-0.2, -0.15) is 0 Å². The Morgan fingerprint density at radius 2 is 2.18 bits per heavy atom. The van der Waals surface area contributed by atoms with Gasteiger partial charge in [0.05, 0.1) is 6.10 Å². The minimum Gasteiger partial charge on any atom is -0.387 e. The molecule has 0 aromatic heterocycles. The van der Waals surface area contributed by atoms with E-state index in [-0.39, 0.29) is 6.10 Å². The zero-order valence-corrected chi connectivity index (χ0v) is 10.5. The molecule has 1 aliphatic heterocycles. The van der Waals surface area contributed by atoms with E-state index in [0.29, 0.717) is 6.04 Å². The van der Waals surface area contributed by atoms with Crippen molar-refractivity contribution in [2.75, 3.05) is 26.7 Å². The SMILES string of the molecule is CNCC1CCCN1CC(O)c1ccccc1. The van der Waals surface area contributed by atoms with Crippen LogP contribution >= 0.6 is 0 Å². The van der Waals surface area contributed by atoms with E-state index in [1.165, 1.54) is 12.8 Å². The monoisotopic (exact) mass is 234 g/mol. The first-order valence-corrected chi connectivity index (χ1v) is 6.43.